The summed E-state index contributed by atoms with van der Waals surface area (Å²) in [4.78, 5) is 23.0. The van der Waals surface area contributed by atoms with E-state index in [-0.39, 0.29) is 24.2 Å². The molecule has 1 rings (SSSR count). The lowest BCUT2D eigenvalue weighted by Crippen LogP contribution is -2.23. The van der Waals surface area contributed by atoms with Crippen molar-refractivity contribution in [2.45, 2.75) is 53.1 Å². The van der Waals surface area contributed by atoms with E-state index in [0.29, 0.717) is 11.3 Å². The van der Waals surface area contributed by atoms with Crippen LogP contribution in [-0.2, 0) is 4.79 Å². The number of carboxylic acids is 1. The van der Waals surface area contributed by atoms with E-state index in [1.54, 1.807) is 38.1 Å². The van der Waals surface area contributed by atoms with Crippen LogP contribution in [0.4, 0.5) is 0 Å². The maximum atomic E-state index is 12.2. The quantitative estimate of drug-likeness (QED) is 0.807. The Morgan fingerprint density at radius 1 is 1.00 bits per heavy atom. The van der Waals surface area contributed by atoms with Gasteiger partial charge in [0.2, 0.25) is 0 Å². The number of Topliss-reactive ketones (excluding diaryl/α,β-unsaturated/α-hetero) is 1. The van der Waals surface area contributed by atoms with Gasteiger partial charge in [0.25, 0.3) is 0 Å². The monoisotopic (exact) mass is 292 g/mol. The molecule has 0 saturated carbocycles. The zero-order valence-electron chi connectivity index (χ0n) is 13.4. The van der Waals surface area contributed by atoms with Crippen molar-refractivity contribution in [2.24, 2.45) is 5.41 Å². The molecule has 0 aliphatic carbocycles. The molecule has 0 saturated heterocycles. The number of ether oxygens (including phenoxy) is 1. The first-order chi connectivity index (χ1) is 9.48. The molecule has 0 aliphatic heterocycles. The highest BCUT2D eigenvalue weighted by atomic mass is 16.5. The van der Waals surface area contributed by atoms with E-state index in [4.69, 9.17) is 9.84 Å². The average molecular weight is 292 g/mol. The van der Waals surface area contributed by atoms with E-state index in [1.807, 2.05) is 20.8 Å². The molecular formula is C17H24O4. The summed E-state index contributed by atoms with van der Waals surface area (Å²) in [5.74, 6) is -0.228. The molecule has 0 atom stereocenters. The Bertz CT molecular complexity index is 507. The van der Waals surface area contributed by atoms with Gasteiger partial charge < -0.3 is 9.84 Å². The van der Waals surface area contributed by atoms with Gasteiger partial charge in [0.15, 0.2) is 5.78 Å². The van der Waals surface area contributed by atoms with Crippen LogP contribution < -0.4 is 4.74 Å². The Kier molecular flexibility index (Phi) is 5.15. The molecule has 0 aromatic heterocycles. The average Bonchev–Trinajstić information content (AvgIpc) is 2.24. The van der Waals surface area contributed by atoms with E-state index in [2.05, 4.69) is 0 Å². The molecule has 0 bridgehead atoms. The van der Waals surface area contributed by atoms with Gasteiger partial charge in [0.05, 0.1) is 6.42 Å². The minimum atomic E-state index is -0.887. The minimum Gasteiger partial charge on any atom is -0.488 e. The molecule has 0 unspecified atom stereocenters. The van der Waals surface area contributed by atoms with E-state index >= 15 is 0 Å². The standard InChI is InChI=1S/C17H24O4/c1-16(2,3)21-13-8-6-12(7-9-13)14(18)10-17(4,5)11-15(19)20/h6-9H,10-11H2,1-5H3,(H,19,20). The van der Waals surface area contributed by atoms with Gasteiger partial charge in [-0.3, -0.25) is 9.59 Å². The third kappa shape index (κ3) is 6.43. The van der Waals surface area contributed by atoms with Crippen LogP contribution in [0.5, 0.6) is 5.75 Å². The molecule has 0 aliphatic rings. The predicted octanol–water partition coefficient (Wildman–Crippen LogP) is 3.94. The van der Waals surface area contributed by atoms with Crippen molar-refractivity contribution < 1.29 is 19.4 Å². The Morgan fingerprint density at radius 2 is 1.52 bits per heavy atom. The number of benzene rings is 1. The molecule has 4 heteroatoms. The molecule has 116 valence electrons. The van der Waals surface area contributed by atoms with Crippen LogP contribution in [0.2, 0.25) is 0 Å². The van der Waals surface area contributed by atoms with Crippen LogP contribution in [0, 0.1) is 5.41 Å². The number of aliphatic carboxylic acids is 1. The zero-order valence-corrected chi connectivity index (χ0v) is 13.4. The first-order valence-electron chi connectivity index (χ1n) is 7.03. The molecule has 0 heterocycles. The normalized spacial score (nSPS) is 12.0. The second-order valence-electron chi connectivity index (χ2n) is 7.07. The summed E-state index contributed by atoms with van der Waals surface area (Å²) in [5, 5.41) is 8.85. The number of rotatable bonds is 6. The number of hydrogen-bond acceptors (Lipinski definition) is 3. The lowest BCUT2D eigenvalue weighted by molar-refractivity contribution is -0.139. The Hall–Kier alpha value is -1.84. The van der Waals surface area contributed by atoms with Crippen molar-refractivity contribution in [1.82, 2.24) is 0 Å². The van der Waals surface area contributed by atoms with Gasteiger partial charge in [-0.15, -0.1) is 0 Å². The SMILES string of the molecule is CC(C)(CC(=O)O)CC(=O)c1ccc(OC(C)(C)C)cc1. The van der Waals surface area contributed by atoms with E-state index in [0.717, 1.165) is 0 Å². The highest BCUT2D eigenvalue weighted by Crippen LogP contribution is 2.27. The number of hydrogen-bond donors (Lipinski definition) is 1. The fourth-order valence-corrected chi connectivity index (χ4v) is 2.07. The van der Waals surface area contributed by atoms with Gasteiger partial charge in [-0.25, -0.2) is 0 Å². The number of carboxylic acid groups (broad SMARTS) is 1. The van der Waals surface area contributed by atoms with E-state index in [9.17, 15) is 9.59 Å². The van der Waals surface area contributed by atoms with Crippen LogP contribution in [0.1, 0.15) is 57.8 Å². The summed E-state index contributed by atoms with van der Waals surface area (Å²) in [6.07, 6.45) is 0.183. The molecule has 21 heavy (non-hydrogen) atoms. The molecule has 4 nitrogen and oxygen atoms in total. The highest BCUT2D eigenvalue weighted by molar-refractivity contribution is 5.96. The predicted molar refractivity (Wildman–Crippen MR) is 81.8 cm³/mol. The summed E-state index contributed by atoms with van der Waals surface area (Å²) in [6, 6.07) is 6.98. The summed E-state index contributed by atoms with van der Waals surface area (Å²) in [6.45, 7) is 9.45. The number of carbonyl (C=O) groups excluding carboxylic acids is 1. The molecule has 1 aromatic carbocycles. The maximum absolute atomic E-state index is 12.2. The smallest absolute Gasteiger partial charge is 0.303 e. The summed E-state index contributed by atoms with van der Waals surface area (Å²) >= 11 is 0. The van der Waals surface area contributed by atoms with Gasteiger partial charge in [0, 0.05) is 12.0 Å². The van der Waals surface area contributed by atoms with Crippen molar-refractivity contribution >= 4 is 11.8 Å². The minimum absolute atomic E-state index is 0.0239. The van der Waals surface area contributed by atoms with Crippen molar-refractivity contribution in [2.75, 3.05) is 0 Å². The van der Waals surface area contributed by atoms with Crippen LogP contribution in [0.3, 0.4) is 0 Å². The first-order valence-corrected chi connectivity index (χ1v) is 7.03. The molecule has 1 N–H and O–H groups in total. The topological polar surface area (TPSA) is 63.6 Å². The summed E-state index contributed by atoms with van der Waals surface area (Å²) in [7, 11) is 0. The lowest BCUT2D eigenvalue weighted by Gasteiger charge is -2.22. The number of carbonyl (C=O) groups is 2. The summed E-state index contributed by atoms with van der Waals surface area (Å²) in [5.41, 5.74) is -0.256. The Labute approximate surface area is 126 Å². The largest absolute Gasteiger partial charge is 0.488 e. The fraction of sp³-hybridized carbons (Fsp3) is 0.529. The van der Waals surface area contributed by atoms with Gasteiger partial charge >= 0.3 is 5.97 Å². The second kappa shape index (κ2) is 6.29. The zero-order chi connectivity index (χ0) is 16.3. The summed E-state index contributed by atoms with van der Waals surface area (Å²) < 4.78 is 5.70. The molecule has 0 fully saturated rings. The van der Waals surface area contributed by atoms with Gasteiger partial charge in [-0.2, -0.15) is 0 Å². The van der Waals surface area contributed by atoms with Crippen LogP contribution in [0.15, 0.2) is 24.3 Å². The van der Waals surface area contributed by atoms with Crippen molar-refractivity contribution in [1.29, 1.82) is 0 Å². The third-order valence-electron chi connectivity index (χ3n) is 2.87. The van der Waals surface area contributed by atoms with Crippen LogP contribution >= 0.6 is 0 Å². The van der Waals surface area contributed by atoms with Crippen molar-refractivity contribution in [3.63, 3.8) is 0 Å². The molecule has 0 radical (unpaired) electrons. The van der Waals surface area contributed by atoms with Gasteiger partial charge in [-0.05, 0) is 50.5 Å². The molecular weight excluding hydrogens is 268 g/mol. The molecule has 0 spiro atoms. The van der Waals surface area contributed by atoms with E-state index < -0.39 is 11.4 Å². The molecule has 0 amide bonds. The first kappa shape index (κ1) is 17.2. The van der Waals surface area contributed by atoms with Crippen LogP contribution in [0.25, 0.3) is 0 Å². The maximum Gasteiger partial charge on any atom is 0.303 e. The third-order valence-corrected chi connectivity index (χ3v) is 2.87. The second-order valence-corrected chi connectivity index (χ2v) is 7.07. The van der Waals surface area contributed by atoms with E-state index in [1.165, 1.54) is 0 Å². The Morgan fingerprint density at radius 3 is 1.95 bits per heavy atom. The number of ketones is 1. The fourth-order valence-electron chi connectivity index (χ4n) is 2.07. The van der Waals surface area contributed by atoms with Crippen LogP contribution in [-0.4, -0.2) is 22.5 Å². The Balaban J connectivity index is 2.73. The van der Waals surface area contributed by atoms with Crippen molar-refractivity contribution in [3.8, 4) is 5.75 Å². The van der Waals surface area contributed by atoms with Gasteiger partial charge in [-0.1, -0.05) is 13.8 Å². The van der Waals surface area contributed by atoms with Crippen molar-refractivity contribution in [3.05, 3.63) is 29.8 Å². The molecule has 1 aromatic rings. The highest BCUT2D eigenvalue weighted by Gasteiger charge is 2.25. The lowest BCUT2D eigenvalue weighted by atomic mass is 9.82. The van der Waals surface area contributed by atoms with Gasteiger partial charge in [0.1, 0.15) is 11.4 Å².